The van der Waals surface area contributed by atoms with Gasteiger partial charge in [-0.3, -0.25) is 14.7 Å². The lowest BCUT2D eigenvalue weighted by Gasteiger charge is -2.09. The highest BCUT2D eigenvalue weighted by atomic mass is 32.2. The van der Waals surface area contributed by atoms with Crippen LogP contribution in [0, 0.1) is 0 Å². The van der Waals surface area contributed by atoms with E-state index in [1.807, 2.05) is 58.5 Å². The molecule has 0 aliphatic heterocycles. The van der Waals surface area contributed by atoms with Crippen LogP contribution in [0.1, 0.15) is 10.4 Å². The van der Waals surface area contributed by atoms with Crippen molar-refractivity contribution >= 4 is 35.0 Å². The van der Waals surface area contributed by atoms with Gasteiger partial charge in [-0.1, -0.05) is 48.2 Å². The normalized spacial score (nSPS) is 10.7. The Hall–Kier alpha value is -3.37. The second kappa shape index (κ2) is 10.1. The van der Waals surface area contributed by atoms with Crippen LogP contribution in [-0.4, -0.2) is 32.5 Å². The number of thiophene rings is 1. The average molecular weight is 454 g/mol. The molecular weight excluding hydrogens is 434 g/mol. The first-order valence-electron chi connectivity index (χ1n) is 9.43. The minimum Gasteiger partial charge on any atom is -0.461 e. The SMILES string of the molecule is O=C(CSc1nnc(-c2ccco2)n1Cc1ccccc1)NC(=O)NCc1cccs1. The average Bonchev–Trinajstić information content (AvgIpc) is 3.54. The molecule has 3 amide bonds. The highest BCUT2D eigenvalue weighted by Gasteiger charge is 2.18. The quantitative estimate of drug-likeness (QED) is 0.394. The molecule has 0 saturated heterocycles. The number of urea groups is 1. The smallest absolute Gasteiger partial charge is 0.321 e. The number of furan rings is 1. The van der Waals surface area contributed by atoms with Gasteiger partial charge in [0, 0.05) is 4.88 Å². The highest BCUT2D eigenvalue weighted by Crippen LogP contribution is 2.25. The summed E-state index contributed by atoms with van der Waals surface area (Å²) in [4.78, 5) is 25.2. The van der Waals surface area contributed by atoms with Crippen molar-refractivity contribution in [3.63, 3.8) is 0 Å². The third-order valence-electron chi connectivity index (χ3n) is 4.23. The zero-order valence-electron chi connectivity index (χ0n) is 16.4. The van der Waals surface area contributed by atoms with Gasteiger partial charge < -0.3 is 9.73 Å². The topological polar surface area (TPSA) is 102 Å². The van der Waals surface area contributed by atoms with Crippen molar-refractivity contribution in [1.29, 1.82) is 0 Å². The van der Waals surface area contributed by atoms with Crippen molar-refractivity contribution < 1.29 is 14.0 Å². The van der Waals surface area contributed by atoms with Crippen LogP contribution in [0.5, 0.6) is 0 Å². The summed E-state index contributed by atoms with van der Waals surface area (Å²) in [6.07, 6.45) is 1.58. The second-order valence-corrected chi connectivity index (χ2v) is 8.43. The summed E-state index contributed by atoms with van der Waals surface area (Å²) in [5.74, 6) is 0.776. The van der Waals surface area contributed by atoms with E-state index in [4.69, 9.17) is 4.42 Å². The first-order chi connectivity index (χ1) is 15.2. The van der Waals surface area contributed by atoms with Crippen LogP contribution in [0.15, 0.2) is 75.8 Å². The summed E-state index contributed by atoms with van der Waals surface area (Å²) in [6.45, 7) is 0.900. The van der Waals surface area contributed by atoms with E-state index in [-0.39, 0.29) is 5.75 Å². The van der Waals surface area contributed by atoms with Crippen LogP contribution in [0.25, 0.3) is 11.6 Å². The van der Waals surface area contributed by atoms with Gasteiger partial charge in [0.1, 0.15) is 0 Å². The Kier molecular flexibility index (Phi) is 6.80. The summed E-state index contributed by atoms with van der Waals surface area (Å²) in [5.41, 5.74) is 1.06. The van der Waals surface area contributed by atoms with E-state index in [0.29, 0.717) is 29.8 Å². The number of benzene rings is 1. The maximum atomic E-state index is 12.2. The van der Waals surface area contributed by atoms with Crippen molar-refractivity contribution in [3.05, 3.63) is 76.7 Å². The van der Waals surface area contributed by atoms with Gasteiger partial charge in [0.15, 0.2) is 10.9 Å². The molecule has 0 unspecified atom stereocenters. The lowest BCUT2D eigenvalue weighted by atomic mass is 10.2. The summed E-state index contributed by atoms with van der Waals surface area (Å²) < 4.78 is 7.37. The van der Waals surface area contributed by atoms with E-state index >= 15 is 0 Å². The molecule has 8 nitrogen and oxygen atoms in total. The van der Waals surface area contributed by atoms with Crippen molar-refractivity contribution in [3.8, 4) is 11.6 Å². The van der Waals surface area contributed by atoms with Crippen LogP contribution >= 0.6 is 23.1 Å². The Bertz CT molecular complexity index is 1130. The first-order valence-corrected chi connectivity index (χ1v) is 11.3. The third kappa shape index (κ3) is 5.62. The van der Waals surface area contributed by atoms with E-state index in [1.54, 1.807) is 12.3 Å². The summed E-state index contributed by atoms with van der Waals surface area (Å²) in [6, 6.07) is 16.8. The lowest BCUT2D eigenvalue weighted by Crippen LogP contribution is -2.39. The molecule has 4 rings (SSSR count). The summed E-state index contributed by atoms with van der Waals surface area (Å²) in [5, 5.41) is 16.0. The molecule has 2 N–H and O–H groups in total. The fourth-order valence-corrected chi connectivity index (χ4v) is 4.19. The number of carbonyl (C=O) groups is 2. The van der Waals surface area contributed by atoms with Crippen molar-refractivity contribution in [2.75, 3.05) is 5.75 Å². The number of hydrogen-bond donors (Lipinski definition) is 2. The molecule has 0 aliphatic rings. The van der Waals surface area contributed by atoms with E-state index in [0.717, 1.165) is 10.4 Å². The summed E-state index contributed by atoms with van der Waals surface area (Å²) in [7, 11) is 0. The van der Waals surface area contributed by atoms with Gasteiger partial charge >= 0.3 is 6.03 Å². The Labute approximate surface area is 186 Å². The molecule has 0 radical (unpaired) electrons. The number of amides is 3. The van der Waals surface area contributed by atoms with Crippen LogP contribution in [-0.2, 0) is 17.9 Å². The first kappa shape index (κ1) is 20.9. The second-order valence-electron chi connectivity index (χ2n) is 6.45. The molecule has 0 bridgehead atoms. The van der Waals surface area contributed by atoms with Gasteiger partial charge in [-0.15, -0.1) is 21.5 Å². The molecule has 4 aromatic rings. The molecule has 3 aromatic heterocycles. The Morgan fingerprint density at radius 1 is 1.06 bits per heavy atom. The third-order valence-corrected chi connectivity index (χ3v) is 6.07. The molecule has 0 aliphatic carbocycles. The predicted molar refractivity (Wildman–Crippen MR) is 119 cm³/mol. The van der Waals surface area contributed by atoms with E-state index in [9.17, 15) is 9.59 Å². The van der Waals surface area contributed by atoms with Gasteiger partial charge in [0.05, 0.1) is 25.1 Å². The molecule has 0 saturated carbocycles. The van der Waals surface area contributed by atoms with Crippen LogP contribution in [0.4, 0.5) is 4.79 Å². The Morgan fingerprint density at radius 3 is 2.68 bits per heavy atom. The van der Waals surface area contributed by atoms with Crippen LogP contribution in [0.3, 0.4) is 0 Å². The van der Waals surface area contributed by atoms with E-state index < -0.39 is 11.9 Å². The minimum atomic E-state index is -0.527. The van der Waals surface area contributed by atoms with Crippen molar-refractivity contribution in [1.82, 2.24) is 25.4 Å². The molecule has 158 valence electrons. The van der Waals surface area contributed by atoms with Crippen molar-refractivity contribution in [2.45, 2.75) is 18.2 Å². The van der Waals surface area contributed by atoms with Crippen LogP contribution < -0.4 is 10.6 Å². The molecule has 0 fully saturated rings. The van der Waals surface area contributed by atoms with Gasteiger partial charge in [-0.25, -0.2) is 4.79 Å². The number of hydrogen-bond acceptors (Lipinski definition) is 7. The zero-order chi connectivity index (χ0) is 21.5. The fourth-order valence-electron chi connectivity index (χ4n) is 2.81. The number of imide groups is 1. The zero-order valence-corrected chi connectivity index (χ0v) is 18.0. The van der Waals surface area contributed by atoms with Gasteiger partial charge in [0.2, 0.25) is 11.7 Å². The van der Waals surface area contributed by atoms with E-state index in [1.165, 1.54) is 23.1 Å². The molecule has 3 heterocycles. The number of nitrogens with one attached hydrogen (secondary N) is 2. The number of aromatic nitrogens is 3. The van der Waals surface area contributed by atoms with Crippen LogP contribution in [0.2, 0.25) is 0 Å². The molecule has 31 heavy (non-hydrogen) atoms. The molecule has 0 spiro atoms. The standard InChI is InChI=1S/C21H19N5O3S2/c27-18(23-20(28)22-12-16-8-5-11-30-16)14-31-21-25-24-19(17-9-4-10-29-17)26(21)13-15-6-2-1-3-7-15/h1-11H,12-14H2,(H2,22,23,27,28). The van der Waals surface area contributed by atoms with Crippen molar-refractivity contribution in [2.24, 2.45) is 0 Å². The Balaban J connectivity index is 1.39. The van der Waals surface area contributed by atoms with Gasteiger partial charge in [-0.2, -0.15) is 0 Å². The minimum absolute atomic E-state index is 0.0253. The van der Waals surface area contributed by atoms with E-state index in [2.05, 4.69) is 20.8 Å². The number of nitrogens with zero attached hydrogens (tertiary/aromatic N) is 3. The largest absolute Gasteiger partial charge is 0.461 e. The van der Waals surface area contributed by atoms with Gasteiger partial charge in [0.25, 0.3) is 0 Å². The monoisotopic (exact) mass is 453 g/mol. The molecular formula is C21H19N5O3S2. The Morgan fingerprint density at radius 2 is 1.94 bits per heavy atom. The van der Waals surface area contributed by atoms with Gasteiger partial charge in [-0.05, 0) is 29.1 Å². The number of carbonyl (C=O) groups excluding carboxylic acids is 2. The maximum Gasteiger partial charge on any atom is 0.321 e. The molecule has 1 aromatic carbocycles. The molecule has 0 atom stereocenters. The predicted octanol–water partition coefficient (Wildman–Crippen LogP) is 3.77. The fraction of sp³-hybridized carbons (Fsp3) is 0.143. The number of thioether (sulfide) groups is 1. The lowest BCUT2D eigenvalue weighted by molar-refractivity contribution is -0.117. The number of rotatable bonds is 8. The maximum absolute atomic E-state index is 12.2. The molecule has 10 heteroatoms. The highest BCUT2D eigenvalue weighted by molar-refractivity contribution is 7.99. The summed E-state index contributed by atoms with van der Waals surface area (Å²) >= 11 is 2.75.